The Morgan fingerprint density at radius 1 is 1.03 bits per heavy atom. The number of imidazole rings is 1. The lowest BCUT2D eigenvalue weighted by Crippen LogP contribution is -2.28. The van der Waals surface area contributed by atoms with E-state index in [-0.39, 0.29) is 11.9 Å². The monoisotopic (exact) mass is 463 g/mol. The summed E-state index contributed by atoms with van der Waals surface area (Å²) in [4.78, 5) is 17.6. The van der Waals surface area contributed by atoms with Crippen LogP contribution in [0.25, 0.3) is 11.0 Å². The van der Waals surface area contributed by atoms with E-state index in [1.54, 1.807) is 31.4 Å². The summed E-state index contributed by atoms with van der Waals surface area (Å²) in [7, 11) is 1.60. The highest BCUT2D eigenvalue weighted by atomic mass is 35.5. The maximum atomic E-state index is 12.8. The average molecular weight is 464 g/mol. The number of halogens is 1. The number of aryl methyl sites for hydroxylation is 1. The zero-order valence-corrected chi connectivity index (χ0v) is 19.4. The predicted octanol–water partition coefficient (Wildman–Crippen LogP) is 5.66. The quantitative estimate of drug-likeness (QED) is 0.325. The number of methoxy groups -OCH3 is 1. The predicted molar refractivity (Wildman–Crippen MR) is 130 cm³/mol. The Morgan fingerprint density at radius 3 is 2.45 bits per heavy atom. The Bertz CT molecular complexity index is 1220. The van der Waals surface area contributed by atoms with Crippen molar-refractivity contribution in [3.05, 3.63) is 89.2 Å². The normalized spacial score (nSPS) is 11.8. The maximum Gasteiger partial charge on any atom is 0.251 e. The van der Waals surface area contributed by atoms with Gasteiger partial charge in [-0.05, 0) is 74.0 Å². The van der Waals surface area contributed by atoms with E-state index >= 15 is 0 Å². The van der Waals surface area contributed by atoms with Gasteiger partial charge in [0.25, 0.3) is 5.91 Å². The van der Waals surface area contributed by atoms with Crippen LogP contribution in [0.2, 0.25) is 5.02 Å². The summed E-state index contributed by atoms with van der Waals surface area (Å²) in [6.07, 6.45) is 0.787. The first-order chi connectivity index (χ1) is 16.0. The first-order valence-electron chi connectivity index (χ1n) is 10.8. The molecule has 0 spiro atoms. The molecule has 6 nitrogen and oxygen atoms in total. The summed E-state index contributed by atoms with van der Waals surface area (Å²) in [6, 6.07) is 22.1. The Morgan fingerprint density at radius 2 is 1.73 bits per heavy atom. The molecule has 0 aliphatic heterocycles. The first-order valence-corrected chi connectivity index (χ1v) is 11.2. The largest absolute Gasteiger partial charge is 0.497 e. The second kappa shape index (κ2) is 10.4. The summed E-state index contributed by atoms with van der Waals surface area (Å²) in [5.41, 5.74) is 2.50. The molecule has 33 heavy (non-hydrogen) atoms. The molecule has 0 bridgehead atoms. The molecule has 0 fully saturated rings. The van der Waals surface area contributed by atoms with Crippen LogP contribution in [-0.4, -0.2) is 29.2 Å². The number of hydrogen-bond donors (Lipinski definition) is 1. The van der Waals surface area contributed by atoms with E-state index in [2.05, 4.69) is 9.88 Å². The number of hydrogen-bond acceptors (Lipinski definition) is 4. The lowest BCUT2D eigenvalue weighted by atomic mass is 10.2. The van der Waals surface area contributed by atoms with Gasteiger partial charge in [-0.15, -0.1) is 0 Å². The average Bonchev–Trinajstić information content (AvgIpc) is 3.22. The smallest absolute Gasteiger partial charge is 0.251 e. The summed E-state index contributed by atoms with van der Waals surface area (Å²) in [6.45, 7) is 3.22. The molecular formula is C26H26ClN3O3. The fourth-order valence-electron chi connectivity index (χ4n) is 3.69. The van der Waals surface area contributed by atoms with Gasteiger partial charge in [0.05, 0.1) is 30.8 Å². The molecule has 1 aromatic heterocycles. The van der Waals surface area contributed by atoms with Gasteiger partial charge < -0.3 is 19.4 Å². The van der Waals surface area contributed by atoms with E-state index in [1.807, 2.05) is 55.5 Å². The van der Waals surface area contributed by atoms with Crippen LogP contribution in [0.3, 0.4) is 0 Å². The van der Waals surface area contributed by atoms with Crippen molar-refractivity contribution >= 4 is 28.5 Å². The van der Waals surface area contributed by atoms with Crippen molar-refractivity contribution in [1.29, 1.82) is 0 Å². The van der Waals surface area contributed by atoms with Crippen molar-refractivity contribution in [2.24, 2.45) is 0 Å². The third-order valence-electron chi connectivity index (χ3n) is 5.38. The number of nitrogens with one attached hydrogen (secondary N) is 1. The summed E-state index contributed by atoms with van der Waals surface area (Å²) in [5, 5.41) is 3.75. The number of aromatic nitrogens is 2. The van der Waals surface area contributed by atoms with Crippen LogP contribution in [0.1, 0.15) is 35.6 Å². The van der Waals surface area contributed by atoms with Crippen molar-refractivity contribution < 1.29 is 14.3 Å². The van der Waals surface area contributed by atoms with Crippen LogP contribution in [-0.2, 0) is 6.54 Å². The molecule has 1 N–H and O–H groups in total. The molecule has 0 saturated heterocycles. The molecule has 1 atom stereocenters. The number of ether oxygens (including phenoxy) is 2. The lowest BCUT2D eigenvalue weighted by molar-refractivity contribution is 0.0937. The van der Waals surface area contributed by atoms with Gasteiger partial charge in [0, 0.05) is 17.1 Å². The Hall–Kier alpha value is -3.51. The van der Waals surface area contributed by atoms with E-state index in [0.717, 1.165) is 29.0 Å². The van der Waals surface area contributed by atoms with E-state index < -0.39 is 0 Å². The van der Waals surface area contributed by atoms with Gasteiger partial charge in [0.2, 0.25) is 0 Å². The molecule has 0 radical (unpaired) electrons. The zero-order chi connectivity index (χ0) is 23.2. The number of para-hydroxylation sites is 2. The highest BCUT2D eigenvalue weighted by Crippen LogP contribution is 2.22. The van der Waals surface area contributed by atoms with Crippen molar-refractivity contribution in [2.45, 2.75) is 25.9 Å². The van der Waals surface area contributed by atoms with Crippen LogP contribution < -0.4 is 14.8 Å². The minimum absolute atomic E-state index is 0.158. The van der Waals surface area contributed by atoms with Crippen LogP contribution in [0.15, 0.2) is 72.8 Å². The van der Waals surface area contributed by atoms with Crippen LogP contribution in [0, 0.1) is 0 Å². The molecule has 1 heterocycles. The molecule has 0 aliphatic carbocycles. The lowest BCUT2D eigenvalue weighted by Gasteiger charge is -2.17. The SMILES string of the molecule is COc1ccc(C(=O)NC(C)c2nc3ccccc3n2CCCOc2ccc(Cl)cc2)cc1. The van der Waals surface area contributed by atoms with Gasteiger partial charge in [0.1, 0.15) is 17.3 Å². The van der Waals surface area contributed by atoms with Crippen molar-refractivity contribution in [1.82, 2.24) is 14.9 Å². The number of rotatable bonds is 9. The second-order valence-electron chi connectivity index (χ2n) is 7.69. The molecule has 0 saturated carbocycles. The number of fused-ring (bicyclic) bond motifs is 1. The van der Waals surface area contributed by atoms with E-state index in [0.29, 0.717) is 29.5 Å². The van der Waals surface area contributed by atoms with E-state index in [4.69, 9.17) is 26.1 Å². The fourth-order valence-corrected chi connectivity index (χ4v) is 3.82. The van der Waals surface area contributed by atoms with Gasteiger partial charge in [0.15, 0.2) is 0 Å². The number of amides is 1. The Labute approximate surface area is 198 Å². The standard InChI is InChI=1S/C26H26ClN3O3/c1-18(28-26(31)19-8-12-21(32-2)13-9-19)25-29-23-6-3-4-7-24(23)30(25)16-5-17-33-22-14-10-20(27)11-15-22/h3-4,6-15,18H,5,16-17H2,1-2H3,(H,28,31). The molecule has 3 aromatic carbocycles. The van der Waals surface area contributed by atoms with E-state index in [1.165, 1.54) is 0 Å². The highest BCUT2D eigenvalue weighted by molar-refractivity contribution is 6.30. The zero-order valence-electron chi connectivity index (χ0n) is 18.6. The van der Waals surface area contributed by atoms with Gasteiger partial charge in [-0.1, -0.05) is 23.7 Å². The second-order valence-corrected chi connectivity index (χ2v) is 8.13. The number of benzene rings is 3. The molecular weight excluding hydrogens is 438 g/mol. The minimum atomic E-state index is -0.274. The molecule has 4 rings (SSSR count). The van der Waals surface area contributed by atoms with Gasteiger partial charge in [-0.25, -0.2) is 4.98 Å². The minimum Gasteiger partial charge on any atom is -0.497 e. The number of carbonyl (C=O) groups is 1. The molecule has 4 aromatic rings. The molecule has 7 heteroatoms. The molecule has 0 aliphatic rings. The third-order valence-corrected chi connectivity index (χ3v) is 5.63. The summed E-state index contributed by atoms with van der Waals surface area (Å²) in [5.74, 6) is 2.15. The van der Waals surface area contributed by atoms with Crippen LogP contribution in [0.5, 0.6) is 11.5 Å². The highest BCUT2D eigenvalue weighted by Gasteiger charge is 2.19. The number of carbonyl (C=O) groups excluding carboxylic acids is 1. The van der Waals surface area contributed by atoms with Crippen LogP contribution in [0.4, 0.5) is 0 Å². The van der Waals surface area contributed by atoms with Gasteiger partial charge in [-0.2, -0.15) is 0 Å². The third kappa shape index (κ3) is 5.46. The van der Waals surface area contributed by atoms with Crippen molar-refractivity contribution in [3.8, 4) is 11.5 Å². The van der Waals surface area contributed by atoms with Gasteiger partial charge >= 0.3 is 0 Å². The van der Waals surface area contributed by atoms with Gasteiger partial charge in [-0.3, -0.25) is 4.79 Å². The molecule has 1 unspecified atom stereocenters. The maximum absolute atomic E-state index is 12.8. The Balaban J connectivity index is 1.46. The molecule has 170 valence electrons. The molecule has 1 amide bonds. The first kappa shape index (κ1) is 22.7. The topological polar surface area (TPSA) is 65.4 Å². The summed E-state index contributed by atoms with van der Waals surface area (Å²) >= 11 is 5.93. The van der Waals surface area contributed by atoms with E-state index in [9.17, 15) is 4.79 Å². The van der Waals surface area contributed by atoms with Crippen molar-refractivity contribution in [3.63, 3.8) is 0 Å². The number of nitrogens with zero attached hydrogens (tertiary/aromatic N) is 2. The van der Waals surface area contributed by atoms with Crippen LogP contribution >= 0.6 is 11.6 Å². The fraction of sp³-hybridized carbons (Fsp3) is 0.231. The Kier molecular flexibility index (Phi) is 7.15. The van der Waals surface area contributed by atoms with Crippen molar-refractivity contribution in [2.75, 3.05) is 13.7 Å². The summed E-state index contributed by atoms with van der Waals surface area (Å²) < 4.78 is 13.2.